The van der Waals surface area contributed by atoms with Crippen LogP contribution in [0.5, 0.6) is 0 Å². The summed E-state index contributed by atoms with van der Waals surface area (Å²) in [6, 6.07) is 6.74. The zero-order valence-corrected chi connectivity index (χ0v) is 15.9. The Kier molecular flexibility index (Phi) is 4.56. The van der Waals surface area contributed by atoms with E-state index in [2.05, 4.69) is 19.8 Å². The van der Waals surface area contributed by atoms with Crippen LogP contribution in [0.25, 0.3) is 0 Å². The lowest BCUT2D eigenvalue weighted by molar-refractivity contribution is 0.0909. The predicted molar refractivity (Wildman–Crippen MR) is 100 cm³/mol. The number of halogens is 1. The number of nitrogens with one attached hydrogen (secondary N) is 1. The number of carbonyl (C=O) groups excluding carboxylic acids is 1. The molecule has 6 nitrogen and oxygen atoms in total. The van der Waals surface area contributed by atoms with Crippen molar-refractivity contribution in [2.75, 3.05) is 18.0 Å². The number of hydrogen-bond acceptors (Lipinski definition) is 6. The van der Waals surface area contributed by atoms with Crippen LogP contribution < -0.4 is 10.2 Å². The number of aromatic nitrogens is 2. The van der Waals surface area contributed by atoms with Gasteiger partial charge in [-0.15, -0.1) is 5.10 Å². The summed E-state index contributed by atoms with van der Waals surface area (Å²) in [4.78, 5) is 15.2. The number of anilines is 1. The van der Waals surface area contributed by atoms with Crippen LogP contribution in [0.1, 0.15) is 46.6 Å². The summed E-state index contributed by atoms with van der Waals surface area (Å²) in [6.07, 6.45) is 3.78. The maximum Gasteiger partial charge on any atom is 0.265 e. The van der Waals surface area contributed by atoms with E-state index in [9.17, 15) is 14.4 Å². The number of aryl methyl sites for hydroxylation is 1. The van der Waals surface area contributed by atoms with Gasteiger partial charge in [-0.05, 0) is 62.2 Å². The Morgan fingerprint density at radius 3 is 2.74 bits per heavy atom. The van der Waals surface area contributed by atoms with Crippen molar-refractivity contribution in [2.45, 2.75) is 38.1 Å². The van der Waals surface area contributed by atoms with Gasteiger partial charge in [-0.25, -0.2) is 4.39 Å². The average molecular weight is 385 g/mol. The Morgan fingerprint density at radius 1 is 1.41 bits per heavy atom. The van der Waals surface area contributed by atoms with E-state index < -0.39 is 5.82 Å². The molecule has 1 amide bonds. The minimum atomic E-state index is -0.475. The molecule has 0 spiro atoms. The third kappa shape index (κ3) is 3.28. The monoisotopic (exact) mass is 385 g/mol. The standard InChI is InChI=1S/C19H20FN5OS/c1-12-17(27-24-23-12)18(26)22-19(7-8-19)13-5-9-25(10-6-13)16-4-2-3-15(20)14(16)11-21/h2-4,13H,5-10H2,1H3,(H,22,26). The van der Waals surface area contributed by atoms with E-state index in [1.807, 2.05) is 6.07 Å². The molecule has 2 aliphatic rings. The number of nitrogens with zero attached hydrogens (tertiary/aromatic N) is 4. The van der Waals surface area contributed by atoms with Crippen LogP contribution in [-0.2, 0) is 0 Å². The van der Waals surface area contributed by atoms with Gasteiger partial charge in [0.05, 0.1) is 11.4 Å². The van der Waals surface area contributed by atoms with E-state index in [0.717, 1.165) is 50.3 Å². The van der Waals surface area contributed by atoms with Crippen molar-refractivity contribution in [3.8, 4) is 6.07 Å². The number of amides is 1. The highest BCUT2D eigenvalue weighted by atomic mass is 32.1. The topological polar surface area (TPSA) is 81.9 Å². The van der Waals surface area contributed by atoms with Gasteiger partial charge < -0.3 is 10.2 Å². The van der Waals surface area contributed by atoms with Crippen LogP contribution in [0.15, 0.2) is 18.2 Å². The Morgan fingerprint density at radius 2 is 2.15 bits per heavy atom. The highest BCUT2D eigenvalue weighted by Gasteiger charge is 2.51. The largest absolute Gasteiger partial charge is 0.370 e. The molecule has 1 aromatic carbocycles. The van der Waals surface area contributed by atoms with Gasteiger partial charge in [0.1, 0.15) is 22.3 Å². The smallest absolute Gasteiger partial charge is 0.265 e. The lowest BCUT2D eigenvalue weighted by Gasteiger charge is -2.38. The van der Waals surface area contributed by atoms with Crippen molar-refractivity contribution < 1.29 is 9.18 Å². The molecule has 0 bridgehead atoms. The number of hydrogen-bond donors (Lipinski definition) is 1. The molecule has 1 saturated heterocycles. The van der Waals surface area contributed by atoms with Crippen LogP contribution in [0.4, 0.5) is 10.1 Å². The fraction of sp³-hybridized carbons (Fsp3) is 0.474. The molecule has 1 aromatic heterocycles. The maximum atomic E-state index is 13.9. The Hall–Kier alpha value is -2.53. The summed E-state index contributed by atoms with van der Waals surface area (Å²) >= 11 is 1.13. The minimum Gasteiger partial charge on any atom is -0.370 e. The molecule has 1 aliphatic carbocycles. The van der Waals surface area contributed by atoms with Gasteiger partial charge in [-0.1, -0.05) is 10.6 Å². The van der Waals surface area contributed by atoms with Crippen molar-refractivity contribution in [3.05, 3.63) is 40.2 Å². The average Bonchev–Trinajstić information content (AvgIpc) is 3.32. The fourth-order valence-corrected chi connectivity index (χ4v) is 4.60. The molecule has 0 radical (unpaired) electrons. The summed E-state index contributed by atoms with van der Waals surface area (Å²) in [7, 11) is 0. The molecule has 2 fully saturated rings. The molecular weight excluding hydrogens is 365 g/mol. The van der Waals surface area contributed by atoms with Crippen LogP contribution in [0.3, 0.4) is 0 Å². The number of nitriles is 1. The van der Waals surface area contributed by atoms with Crippen LogP contribution >= 0.6 is 11.5 Å². The van der Waals surface area contributed by atoms with Crippen LogP contribution in [0, 0.1) is 30.0 Å². The molecule has 1 aliphatic heterocycles. The molecule has 1 N–H and O–H groups in total. The minimum absolute atomic E-state index is 0.0840. The Labute approximate surface area is 161 Å². The normalized spacial score (nSPS) is 18.8. The molecular formula is C19H20FN5OS. The number of rotatable bonds is 4. The van der Waals surface area contributed by atoms with Gasteiger partial charge in [-0.3, -0.25) is 4.79 Å². The highest BCUT2D eigenvalue weighted by Crippen LogP contribution is 2.47. The van der Waals surface area contributed by atoms with Gasteiger partial charge in [0, 0.05) is 18.6 Å². The second-order valence-corrected chi connectivity index (χ2v) is 8.06. The summed E-state index contributed by atoms with van der Waals surface area (Å²) in [5.41, 5.74) is 1.30. The van der Waals surface area contributed by atoms with Gasteiger partial charge in [0.25, 0.3) is 5.91 Å². The summed E-state index contributed by atoms with van der Waals surface area (Å²) in [6.45, 7) is 3.30. The molecule has 4 rings (SSSR count). The summed E-state index contributed by atoms with van der Waals surface area (Å²) < 4.78 is 17.7. The predicted octanol–water partition coefficient (Wildman–Crippen LogP) is 3.04. The first-order valence-corrected chi connectivity index (χ1v) is 9.86. The van der Waals surface area contributed by atoms with Gasteiger partial charge >= 0.3 is 0 Å². The first-order valence-electron chi connectivity index (χ1n) is 9.09. The highest BCUT2D eigenvalue weighted by molar-refractivity contribution is 7.08. The van der Waals surface area contributed by atoms with Crippen LogP contribution in [-0.4, -0.2) is 34.1 Å². The second kappa shape index (κ2) is 6.89. The van der Waals surface area contributed by atoms with E-state index in [-0.39, 0.29) is 17.0 Å². The molecule has 140 valence electrons. The molecule has 27 heavy (non-hydrogen) atoms. The maximum absolute atomic E-state index is 13.9. The number of piperidine rings is 1. The van der Waals surface area contributed by atoms with E-state index in [1.165, 1.54) is 6.07 Å². The lowest BCUT2D eigenvalue weighted by Crippen LogP contribution is -2.47. The number of benzene rings is 1. The second-order valence-electron chi connectivity index (χ2n) is 7.30. The van der Waals surface area contributed by atoms with Gasteiger partial charge in [0.2, 0.25) is 0 Å². The zero-order chi connectivity index (χ0) is 19.0. The summed E-state index contributed by atoms with van der Waals surface area (Å²) in [5.74, 6) is -0.172. The molecule has 2 heterocycles. The van der Waals surface area contributed by atoms with E-state index >= 15 is 0 Å². The first kappa shape index (κ1) is 17.9. The van der Waals surface area contributed by atoms with Crippen molar-refractivity contribution in [1.82, 2.24) is 14.9 Å². The molecule has 1 saturated carbocycles. The molecule has 0 unspecified atom stereocenters. The van der Waals surface area contributed by atoms with E-state index in [1.54, 1.807) is 19.1 Å². The SMILES string of the molecule is Cc1nnsc1C(=O)NC1(C2CCN(c3cccc(F)c3C#N)CC2)CC1. The van der Waals surface area contributed by atoms with E-state index in [0.29, 0.717) is 22.2 Å². The zero-order valence-electron chi connectivity index (χ0n) is 15.0. The van der Waals surface area contributed by atoms with Crippen molar-refractivity contribution in [2.24, 2.45) is 5.92 Å². The van der Waals surface area contributed by atoms with E-state index in [4.69, 9.17) is 0 Å². The Balaban J connectivity index is 1.42. The summed E-state index contributed by atoms with van der Waals surface area (Å²) in [5, 5.41) is 16.4. The van der Waals surface area contributed by atoms with Gasteiger partial charge in [-0.2, -0.15) is 5.26 Å². The van der Waals surface area contributed by atoms with Gasteiger partial charge in [0.15, 0.2) is 0 Å². The fourth-order valence-electron chi connectivity index (χ4n) is 4.05. The third-order valence-electron chi connectivity index (χ3n) is 5.73. The van der Waals surface area contributed by atoms with Crippen LogP contribution in [0.2, 0.25) is 0 Å². The third-order valence-corrected chi connectivity index (χ3v) is 6.56. The Bertz CT molecular complexity index is 909. The molecule has 2 aromatic rings. The lowest BCUT2D eigenvalue weighted by atomic mass is 9.86. The van der Waals surface area contributed by atoms with Crippen molar-refractivity contribution >= 4 is 23.1 Å². The molecule has 8 heteroatoms. The quantitative estimate of drug-likeness (QED) is 0.875. The molecule has 0 atom stereocenters. The first-order chi connectivity index (χ1) is 13.0. The van der Waals surface area contributed by atoms with Crippen molar-refractivity contribution in [1.29, 1.82) is 5.26 Å². The number of carbonyl (C=O) groups is 1. The van der Waals surface area contributed by atoms with Crippen molar-refractivity contribution in [3.63, 3.8) is 0 Å².